The molecule has 2 heterocycles. The molecule has 2 aliphatic rings. The first kappa shape index (κ1) is 23.9. The second kappa shape index (κ2) is 9.54. The van der Waals surface area contributed by atoms with Crippen molar-refractivity contribution in [2.75, 3.05) is 29.7 Å². The molecule has 10 heteroatoms. The lowest BCUT2D eigenvalue weighted by atomic mass is 10.0. The van der Waals surface area contributed by atoms with Gasteiger partial charge < -0.3 is 0 Å². The third kappa shape index (κ3) is 5.29. The van der Waals surface area contributed by atoms with Crippen molar-refractivity contribution in [2.24, 2.45) is 0 Å². The fourth-order valence-electron chi connectivity index (χ4n) is 4.38. The van der Waals surface area contributed by atoms with Crippen LogP contribution in [0.5, 0.6) is 0 Å². The molecular formula is C23H29N3O5S2. The molecule has 2 saturated heterocycles. The van der Waals surface area contributed by atoms with Crippen LogP contribution in [0, 0.1) is 6.92 Å². The fourth-order valence-corrected chi connectivity index (χ4v) is 6.88. The normalized spacial score (nSPS) is 20.2. The number of sulfonamides is 2. The summed E-state index contributed by atoms with van der Waals surface area (Å²) >= 11 is 0. The lowest BCUT2D eigenvalue weighted by Gasteiger charge is -2.35. The number of rotatable bonds is 7. The van der Waals surface area contributed by atoms with Crippen LogP contribution in [0.4, 0.5) is 5.69 Å². The van der Waals surface area contributed by atoms with E-state index in [1.807, 2.05) is 31.2 Å². The number of nitrogens with one attached hydrogen (secondary N) is 1. The number of amides is 1. The van der Waals surface area contributed by atoms with E-state index >= 15 is 0 Å². The maximum absolute atomic E-state index is 13.0. The van der Waals surface area contributed by atoms with Gasteiger partial charge >= 0.3 is 0 Å². The second-order valence-corrected chi connectivity index (χ2v) is 12.3. The van der Waals surface area contributed by atoms with Crippen molar-refractivity contribution in [2.45, 2.75) is 43.5 Å². The SMILES string of the molecule is Cc1ccc([C@@H](CNS(=O)(=O)c2ccc(N3C(=O)CCS3(=O)=O)cc2)N2CCCCC2)cc1. The molecule has 2 fully saturated rings. The van der Waals surface area contributed by atoms with Gasteiger partial charge in [-0.1, -0.05) is 36.2 Å². The van der Waals surface area contributed by atoms with Crippen molar-refractivity contribution in [1.82, 2.24) is 9.62 Å². The first-order chi connectivity index (χ1) is 15.7. The zero-order valence-electron chi connectivity index (χ0n) is 18.6. The van der Waals surface area contributed by atoms with Crippen molar-refractivity contribution >= 4 is 31.6 Å². The molecule has 0 spiro atoms. The molecular weight excluding hydrogens is 462 g/mol. The summed E-state index contributed by atoms with van der Waals surface area (Å²) in [6.45, 7) is 4.10. The summed E-state index contributed by atoms with van der Waals surface area (Å²) in [5.41, 5.74) is 2.37. The van der Waals surface area contributed by atoms with E-state index in [2.05, 4.69) is 9.62 Å². The van der Waals surface area contributed by atoms with Crippen molar-refractivity contribution < 1.29 is 21.6 Å². The number of carbonyl (C=O) groups excluding carboxylic acids is 1. The van der Waals surface area contributed by atoms with Gasteiger partial charge in [0.25, 0.3) is 0 Å². The molecule has 4 rings (SSSR count). The molecule has 1 atom stereocenters. The maximum Gasteiger partial charge on any atom is 0.242 e. The van der Waals surface area contributed by atoms with Crippen molar-refractivity contribution in [3.8, 4) is 0 Å². The quantitative estimate of drug-likeness (QED) is 0.639. The van der Waals surface area contributed by atoms with Crippen LogP contribution in [0.25, 0.3) is 0 Å². The summed E-state index contributed by atoms with van der Waals surface area (Å²) in [5, 5.41) is 0. The third-order valence-corrected chi connectivity index (χ3v) is 9.35. The number of hydrogen-bond acceptors (Lipinski definition) is 6. The Balaban J connectivity index is 1.51. The first-order valence-corrected chi connectivity index (χ1v) is 14.2. The topological polar surface area (TPSA) is 104 Å². The van der Waals surface area contributed by atoms with Crippen LogP contribution in [0.15, 0.2) is 53.4 Å². The number of aryl methyl sites for hydroxylation is 1. The molecule has 0 aromatic heterocycles. The monoisotopic (exact) mass is 491 g/mol. The first-order valence-electron chi connectivity index (χ1n) is 11.1. The van der Waals surface area contributed by atoms with E-state index in [1.54, 1.807) is 0 Å². The molecule has 1 N–H and O–H groups in total. The molecule has 1 amide bonds. The lowest BCUT2D eigenvalue weighted by molar-refractivity contribution is -0.116. The molecule has 33 heavy (non-hydrogen) atoms. The third-order valence-electron chi connectivity index (χ3n) is 6.22. The summed E-state index contributed by atoms with van der Waals surface area (Å²) < 4.78 is 53.7. The minimum atomic E-state index is -3.82. The Morgan fingerprint density at radius 1 is 0.970 bits per heavy atom. The molecule has 8 nitrogen and oxygen atoms in total. The van der Waals surface area contributed by atoms with Gasteiger partial charge in [-0.25, -0.2) is 25.9 Å². The largest absolute Gasteiger partial charge is 0.295 e. The predicted molar refractivity (Wildman–Crippen MR) is 127 cm³/mol. The highest BCUT2D eigenvalue weighted by Gasteiger charge is 2.36. The van der Waals surface area contributed by atoms with Gasteiger partial charge in [-0.2, -0.15) is 0 Å². The molecule has 2 aliphatic heterocycles. The van der Waals surface area contributed by atoms with E-state index in [4.69, 9.17) is 0 Å². The van der Waals surface area contributed by atoms with E-state index < -0.39 is 26.0 Å². The smallest absolute Gasteiger partial charge is 0.242 e. The summed E-state index contributed by atoms with van der Waals surface area (Å²) in [6.07, 6.45) is 3.30. The molecule has 178 valence electrons. The molecule has 0 bridgehead atoms. The van der Waals surface area contributed by atoms with Gasteiger partial charge in [-0.3, -0.25) is 9.69 Å². The Morgan fingerprint density at radius 2 is 1.61 bits per heavy atom. The van der Waals surface area contributed by atoms with E-state index in [-0.39, 0.29) is 35.3 Å². The second-order valence-electron chi connectivity index (χ2n) is 8.59. The van der Waals surface area contributed by atoms with E-state index in [9.17, 15) is 21.6 Å². The van der Waals surface area contributed by atoms with E-state index in [1.165, 1.54) is 30.7 Å². The molecule has 0 saturated carbocycles. The number of likely N-dealkylation sites (tertiary alicyclic amines) is 1. The maximum atomic E-state index is 13.0. The molecule has 0 radical (unpaired) electrons. The number of carbonyl (C=O) groups is 1. The molecule has 2 aromatic rings. The van der Waals surface area contributed by atoms with Crippen LogP contribution >= 0.6 is 0 Å². The number of piperidine rings is 1. The van der Waals surface area contributed by atoms with Gasteiger partial charge in [0.1, 0.15) is 0 Å². The minimum absolute atomic E-state index is 0.0246. The van der Waals surface area contributed by atoms with Gasteiger partial charge in [0.2, 0.25) is 26.0 Å². The summed E-state index contributed by atoms with van der Waals surface area (Å²) in [5.74, 6) is -0.740. The Labute approximate surface area is 195 Å². The number of nitrogens with zero attached hydrogens (tertiary/aromatic N) is 2. The van der Waals surface area contributed by atoms with Crippen LogP contribution in [-0.4, -0.2) is 53.0 Å². The van der Waals surface area contributed by atoms with Crippen LogP contribution in [0.2, 0.25) is 0 Å². The highest BCUT2D eigenvalue weighted by molar-refractivity contribution is 7.94. The van der Waals surface area contributed by atoms with Crippen molar-refractivity contribution in [3.63, 3.8) is 0 Å². The van der Waals surface area contributed by atoms with Crippen molar-refractivity contribution in [1.29, 1.82) is 0 Å². The molecule has 0 unspecified atom stereocenters. The number of hydrogen-bond donors (Lipinski definition) is 1. The average Bonchev–Trinajstić information content (AvgIpc) is 3.08. The van der Waals surface area contributed by atoms with Gasteiger partial charge in [-0.15, -0.1) is 0 Å². The van der Waals surface area contributed by atoms with Gasteiger partial charge in [0.05, 0.1) is 16.3 Å². The lowest BCUT2D eigenvalue weighted by Crippen LogP contribution is -2.40. The van der Waals surface area contributed by atoms with Gasteiger partial charge in [0.15, 0.2) is 0 Å². The molecule has 2 aromatic carbocycles. The molecule has 0 aliphatic carbocycles. The van der Waals surface area contributed by atoms with E-state index in [0.717, 1.165) is 41.4 Å². The number of benzene rings is 2. The minimum Gasteiger partial charge on any atom is -0.295 e. The summed E-state index contributed by atoms with van der Waals surface area (Å²) in [6, 6.07) is 13.5. The fraction of sp³-hybridized carbons (Fsp3) is 0.435. The Morgan fingerprint density at radius 3 is 2.18 bits per heavy atom. The highest BCUT2D eigenvalue weighted by Crippen LogP contribution is 2.27. The Hall–Kier alpha value is -2.27. The zero-order valence-corrected chi connectivity index (χ0v) is 20.2. The van der Waals surface area contributed by atoms with Crippen LogP contribution in [-0.2, 0) is 24.8 Å². The Bertz CT molecular complexity index is 1200. The zero-order chi connectivity index (χ0) is 23.6. The van der Waals surface area contributed by atoms with Gasteiger partial charge in [-0.05, 0) is 62.7 Å². The highest BCUT2D eigenvalue weighted by atomic mass is 32.2. The average molecular weight is 492 g/mol. The predicted octanol–water partition coefficient (Wildman–Crippen LogP) is 2.57. The van der Waals surface area contributed by atoms with Crippen molar-refractivity contribution in [3.05, 3.63) is 59.7 Å². The summed E-state index contributed by atoms with van der Waals surface area (Å²) in [4.78, 5) is 14.3. The van der Waals surface area contributed by atoms with Crippen LogP contribution in [0.1, 0.15) is 42.9 Å². The standard InChI is InChI=1S/C23H29N3O5S2/c1-18-5-7-19(8-6-18)22(25-14-3-2-4-15-25)17-24-33(30,31)21-11-9-20(10-12-21)26-23(27)13-16-32(26,28)29/h5-12,22,24H,2-4,13-17H2,1H3/t22-/m1/s1. The number of anilines is 1. The summed E-state index contributed by atoms with van der Waals surface area (Å²) in [7, 11) is -7.51. The van der Waals surface area contributed by atoms with Gasteiger partial charge in [0, 0.05) is 19.0 Å². The van der Waals surface area contributed by atoms with Crippen LogP contribution < -0.4 is 9.03 Å². The Kier molecular flexibility index (Phi) is 6.90. The van der Waals surface area contributed by atoms with E-state index in [0.29, 0.717) is 0 Å². The van der Waals surface area contributed by atoms with Crippen LogP contribution in [0.3, 0.4) is 0 Å².